The van der Waals surface area contributed by atoms with E-state index in [0.29, 0.717) is 12.0 Å². The molecule has 1 amide bonds. The number of hydrogen-bond acceptors (Lipinski definition) is 8. The van der Waals surface area contributed by atoms with Crippen LogP contribution in [0.4, 0.5) is 0 Å². The summed E-state index contributed by atoms with van der Waals surface area (Å²) in [5, 5.41) is 14.0. The molecule has 44 heavy (non-hydrogen) atoms. The molecule has 1 saturated carbocycles. The maximum absolute atomic E-state index is 12.6. The first-order valence-corrected chi connectivity index (χ1v) is 15.6. The average molecular weight is 610 g/mol. The highest BCUT2D eigenvalue weighted by Crippen LogP contribution is 2.56. The summed E-state index contributed by atoms with van der Waals surface area (Å²) in [4.78, 5) is 36.6. The van der Waals surface area contributed by atoms with Crippen LogP contribution in [0.25, 0.3) is 0 Å². The molecule has 0 bridgehead atoms. The van der Waals surface area contributed by atoms with Crippen molar-refractivity contribution in [3.8, 4) is 0 Å². The van der Waals surface area contributed by atoms with E-state index in [-0.39, 0.29) is 54.0 Å². The Morgan fingerprint density at radius 3 is 2.55 bits per heavy atom. The highest BCUT2D eigenvalue weighted by atomic mass is 16.5. The number of aliphatic hydroxyl groups is 1. The van der Waals surface area contributed by atoms with E-state index in [9.17, 15) is 19.5 Å². The quantitative estimate of drug-likeness (QED) is 0.208. The first kappa shape index (κ1) is 33.6. The second-order valence-electron chi connectivity index (χ2n) is 12.6. The number of rotatable bonds is 11. The van der Waals surface area contributed by atoms with E-state index in [4.69, 9.17) is 18.9 Å². The van der Waals surface area contributed by atoms with Crippen LogP contribution in [0.3, 0.4) is 0 Å². The van der Waals surface area contributed by atoms with Crippen LogP contribution in [0.5, 0.6) is 0 Å². The van der Waals surface area contributed by atoms with Gasteiger partial charge in [-0.05, 0) is 77.0 Å². The molecule has 9 heteroatoms. The van der Waals surface area contributed by atoms with Crippen LogP contribution in [0.2, 0.25) is 0 Å². The van der Waals surface area contributed by atoms with Gasteiger partial charge in [-0.1, -0.05) is 48.9 Å². The van der Waals surface area contributed by atoms with Gasteiger partial charge in [0.2, 0.25) is 5.91 Å². The van der Waals surface area contributed by atoms with Crippen molar-refractivity contribution >= 4 is 17.8 Å². The molecule has 1 spiro atoms. The van der Waals surface area contributed by atoms with E-state index in [1.54, 1.807) is 37.3 Å². The Hall–Kier alpha value is -3.27. The Bertz CT molecular complexity index is 1240. The third-order valence-corrected chi connectivity index (χ3v) is 9.02. The maximum Gasteiger partial charge on any atom is 0.338 e. The molecule has 1 unspecified atom stereocenters. The summed E-state index contributed by atoms with van der Waals surface area (Å²) in [6.45, 7) is 7.81. The van der Waals surface area contributed by atoms with Crippen LogP contribution in [-0.2, 0) is 28.5 Å². The summed E-state index contributed by atoms with van der Waals surface area (Å²) < 4.78 is 22.6. The number of esters is 2. The fraction of sp³-hybridized carbons (Fsp3) is 0.571. The van der Waals surface area contributed by atoms with Crippen molar-refractivity contribution in [1.29, 1.82) is 0 Å². The number of methoxy groups -OCH3 is 1. The van der Waals surface area contributed by atoms with E-state index < -0.39 is 24.3 Å². The molecular weight excluding hydrogens is 562 g/mol. The molecule has 0 aromatic heterocycles. The molecule has 1 aliphatic carbocycles. The standard InChI is InChI=1S/C35H47NO8/c1-22(12-15-30-33(39)35(17-18-35)21-27(44-30)20-32(38)41-5)11-14-29-23(2)19-28(25(4)43-29)36-31(37)16-13-24(3)42-34(40)26-9-7-6-8-10-26/h6-13,15-16,23-25,27-30,33,39H,14,17-21H2,1-5H3,(H,36,37)/b15-12+,16-13-,22-11+/t23-,24?,25+,27+,28+,29-,30+,33+/m0/s1. The van der Waals surface area contributed by atoms with Gasteiger partial charge in [0.05, 0.1) is 49.6 Å². The molecule has 2 aliphatic heterocycles. The number of aliphatic hydroxyl groups excluding tert-OH is 1. The molecule has 2 heterocycles. The lowest BCUT2D eigenvalue weighted by atomic mass is 9.84. The summed E-state index contributed by atoms with van der Waals surface area (Å²) in [5.41, 5.74) is 1.34. The zero-order valence-corrected chi connectivity index (χ0v) is 26.4. The van der Waals surface area contributed by atoms with E-state index >= 15 is 0 Å². The van der Waals surface area contributed by atoms with Crippen molar-refractivity contribution in [3.05, 3.63) is 71.8 Å². The summed E-state index contributed by atoms with van der Waals surface area (Å²) in [6, 6.07) is 8.60. The monoisotopic (exact) mass is 609 g/mol. The van der Waals surface area contributed by atoms with Crippen molar-refractivity contribution in [1.82, 2.24) is 5.32 Å². The van der Waals surface area contributed by atoms with Gasteiger partial charge >= 0.3 is 11.9 Å². The van der Waals surface area contributed by atoms with Crippen LogP contribution in [0.15, 0.2) is 66.3 Å². The van der Waals surface area contributed by atoms with Crippen molar-refractivity contribution in [3.63, 3.8) is 0 Å². The predicted octanol–water partition coefficient (Wildman–Crippen LogP) is 4.84. The van der Waals surface area contributed by atoms with Crippen molar-refractivity contribution in [2.45, 2.75) is 109 Å². The van der Waals surface area contributed by atoms with Crippen molar-refractivity contribution in [2.75, 3.05) is 7.11 Å². The van der Waals surface area contributed by atoms with E-state index in [1.807, 2.05) is 32.1 Å². The second-order valence-corrected chi connectivity index (χ2v) is 12.6. The first-order chi connectivity index (χ1) is 21.0. The Labute approximate surface area is 260 Å². The first-order valence-electron chi connectivity index (χ1n) is 15.6. The molecule has 4 rings (SSSR count). The highest BCUT2D eigenvalue weighted by Gasteiger charge is 2.56. The summed E-state index contributed by atoms with van der Waals surface area (Å²) in [6.07, 6.45) is 11.2. The van der Waals surface area contributed by atoms with E-state index in [1.165, 1.54) is 13.2 Å². The highest BCUT2D eigenvalue weighted by molar-refractivity contribution is 5.90. The van der Waals surface area contributed by atoms with Crippen LogP contribution in [0.1, 0.15) is 76.6 Å². The molecule has 8 atom stereocenters. The number of amides is 1. The van der Waals surface area contributed by atoms with Gasteiger partial charge in [-0.2, -0.15) is 0 Å². The van der Waals surface area contributed by atoms with Crippen LogP contribution >= 0.6 is 0 Å². The third-order valence-electron chi connectivity index (χ3n) is 9.02. The van der Waals surface area contributed by atoms with Gasteiger partial charge in [0.15, 0.2) is 0 Å². The minimum Gasteiger partial charge on any atom is -0.469 e. The van der Waals surface area contributed by atoms with Gasteiger partial charge in [0, 0.05) is 11.5 Å². The van der Waals surface area contributed by atoms with Gasteiger partial charge in [-0.3, -0.25) is 9.59 Å². The minimum atomic E-state index is -0.586. The van der Waals surface area contributed by atoms with Crippen molar-refractivity contribution in [2.24, 2.45) is 11.3 Å². The van der Waals surface area contributed by atoms with Crippen molar-refractivity contribution < 1.29 is 38.4 Å². The maximum atomic E-state index is 12.6. The zero-order chi connectivity index (χ0) is 31.9. The molecule has 3 aliphatic rings. The normalized spacial score (nSPS) is 30.7. The smallest absolute Gasteiger partial charge is 0.338 e. The predicted molar refractivity (Wildman–Crippen MR) is 166 cm³/mol. The largest absolute Gasteiger partial charge is 0.469 e. The average Bonchev–Trinajstić information content (AvgIpc) is 3.78. The molecule has 2 saturated heterocycles. The van der Waals surface area contributed by atoms with Gasteiger partial charge in [0.25, 0.3) is 0 Å². The summed E-state index contributed by atoms with van der Waals surface area (Å²) in [7, 11) is 1.38. The fourth-order valence-corrected chi connectivity index (χ4v) is 6.10. The molecule has 0 radical (unpaired) electrons. The number of benzene rings is 1. The number of allylic oxidation sites excluding steroid dienone is 2. The minimum absolute atomic E-state index is 0.00477. The Morgan fingerprint density at radius 2 is 1.86 bits per heavy atom. The second kappa shape index (κ2) is 15.1. The Balaban J connectivity index is 1.23. The number of nitrogens with one attached hydrogen (secondary N) is 1. The Morgan fingerprint density at radius 1 is 1.14 bits per heavy atom. The lowest BCUT2D eigenvalue weighted by molar-refractivity contribution is -0.158. The van der Waals surface area contributed by atoms with Gasteiger partial charge in [0.1, 0.15) is 12.2 Å². The number of hydrogen-bond donors (Lipinski definition) is 2. The lowest BCUT2D eigenvalue weighted by Gasteiger charge is -2.39. The molecule has 3 fully saturated rings. The SMILES string of the molecule is COC(=O)C[C@@H]1CC2(CC2)[C@H](O)[C@@H](/C=C/C(C)=C/C[C@@H]2O[C@H](C)[C@H](NC(=O)/C=C\C(C)OC(=O)c3ccccc3)C[C@@H]2C)O1. The molecule has 240 valence electrons. The van der Waals surface area contributed by atoms with Crippen LogP contribution in [0, 0.1) is 11.3 Å². The van der Waals surface area contributed by atoms with Gasteiger partial charge in [-0.25, -0.2) is 4.79 Å². The number of carbonyl (C=O) groups excluding carboxylic acids is 3. The number of ether oxygens (including phenoxy) is 4. The van der Waals surface area contributed by atoms with Crippen LogP contribution < -0.4 is 5.32 Å². The fourth-order valence-electron chi connectivity index (χ4n) is 6.10. The van der Waals surface area contributed by atoms with Crippen LogP contribution in [-0.4, -0.2) is 72.7 Å². The van der Waals surface area contributed by atoms with E-state index in [2.05, 4.69) is 18.3 Å². The molecule has 9 nitrogen and oxygen atoms in total. The Kier molecular flexibility index (Phi) is 11.6. The zero-order valence-electron chi connectivity index (χ0n) is 26.4. The number of carbonyl (C=O) groups is 3. The molecule has 1 aromatic carbocycles. The summed E-state index contributed by atoms with van der Waals surface area (Å²) in [5.74, 6) is -0.774. The topological polar surface area (TPSA) is 120 Å². The molecule has 2 N–H and O–H groups in total. The van der Waals surface area contributed by atoms with Gasteiger partial charge in [-0.15, -0.1) is 0 Å². The van der Waals surface area contributed by atoms with E-state index in [0.717, 1.165) is 31.3 Å². The summed E-state index contributed by atoms with van der Waals surface area (Å²) >= 11 is 0. The van der Waals surface area contributed by atoms with Gasteiger partial charge < -0.3 is 29.4 Å². The lowest BCUT2D eigenvalue weighted by Crippen LogP contribution is -2.50. The molecule has 1 aromatic rings. The third kappa shape index (κ3) is 9.13. The molecular formula is C35H47NO8.